The van der Waals surface area contributed by atoms with E-state index < -0.39 is 0 Å². The van der Waals surface area contributed by atoms with Gasteiger partial charge in [-0.2, -0.15) is 0 Å². The molecule has 0 radical (unpaired) electrons. The first-order chi connectivity index (χ1) is 8.29. The third-order valence-electron chi connectivity index (χ3n) is 3.01. The maximum absolute atomic E-state index is 5.35. The number of halogens is 1. The second kappa shape index (κ2) is 6.50. The third-order valence-corrected chi connectivity index (χ3v) is 3.50. The van der Waals surface area contributed by atoms with Gasteiger partial charge in [0.2, 0.25) is 0 Å². The minimum atomic E-state index is 0.380. The Labute approximate surface area is 111 Å². The highest BCUT2D eigenvalue weighted by Crippen LogP contribution is 2.21. The SMILES string of the molecule is CCC(NN1CCOCC1)c1cccc(Br)c1. The maximum atomic E-state index is 5.35. The molecule has 1 unspecified atom stereocenters. The van der Waals surface area contributed by atoms with Crippen LogP contribution in [-0.2, 0) is 4.74 Å². The summed E-state index contributed by atoms with van der Waals surface area (Å²) in [6, 6.07) is 8.88. The number of morpholine rings is 1. The highest BCUT2D eigenvalue weighted by molar-refractivity contribution is 9.10. The summed E-state index contributed by atoms with van der Waals surface area (Å²) in [7, 11) is 0. The lowest BCUT2D eigenvalue weighted by atomic mass is 10.1. The third kappa shape index (κ3) is 3.78. The molecule has 1 aromatic carbocycles. The van der Waals surface area contributed by atoms with Crippen LogP contribution in [-0.4, -0.2) is 31.3 Å². The minimum Gasteiger partial charge on any atom is -0.379 e. The van der Waals surface area contributed by atoms with Crippen molar-refractivity contribution in [3.8, 4) is 0 Å². The molecule has 0 bridgehead atoms. The quantitative estimate of drug-likeness (QED) is 0.925. The summed E-state index contributed by atoms with van der Waals surface area (Å²) in [4.78, 5) is 0. The number of nitrogens with zero attached hydrogens (tertiary/aromatic N) is 1. The van der Waals surface area contributed by atoms with Crippen LogP contribution in [0.1, 0.15) is 24.9 Å². The van der Waals surface area contributed by atoms with Crippen LogP contribution >= 0.6 is 15.9 Å². The highest BCUT2D eigenvalue weighted by Gasteiger charge is 2.15. The van der Waals surface area contributed by atoms with Crippen molar-refractivity contribution in [2.45, 2.75) is 19.4 Å². The molecule has 1 N–H and O–H groups in total. The largest absolute Gasteiger partial charge is 0.379 e. The zero-order valence-corrected chi connectivity index (χ0v) is 11.7. The predicted octanol–water partition coefficient (Wildman–Crippen LogP) is 2.74. The van der Waals surface area contributed by atoms with Crippen molar-refractivity contribution < 1.29 is 4.74 Å². The van der Waals surface area contributed by atoms with E-state index in [0.717, 1.165) is 37.2 Å². The second-order valence-electron chi connectivity index (χ2n) is 4.24. The van der Waals surface area contributed by atoms with Crippen molar-refractivity contribution in [1.29, 1.82) is 0 Å². The molecule has 1 saturated heterocycles. The van der Waals surface area contributed by atoms with Crippen LogP contribution in [0.3, 0.4) is 0 Å². The van der Waals surface area contributed by atoms with Crippen LogP contribution < -0.4 is 5.43 Å². The van der Waals surface area contributed by atoms with Gasteiger partial charge in [-0.05, 0) is 24.1 Å². The van der Waals surface area contributed by atoms with Crippen molar-refractivity contribution in [1.82, 2.24) is 10.4 Å². The zero-order chi connectivity index (χ0) is 12.1. The molecule has 0 aromatic heterocycles. The molecule has 2 rings (SSSR count). The lowest BCUT2D eigenvalue weighted by Crippen LogP contribution is -2.47. The standard InChI is InChI=1S/C13H19BrN2O/c1-2-13(11-4-3-5-12(14)10-11)15-16-6-8-17-9-7-16/h3-5,10,13,15H,2,6-9H2,1H3. The van der Waals surface area contributed by atoms with Crippen LogP contribution in [0.15, 0.2) is 28.7 Å². The lowest BCUT2D eigenvalue weighted by Gasteiger charge is -2.31. The number of nitrogens with one attached hydrogen (secondary N) is 1. The van der Waals surface area contributed by atoms with E-state index in [2.05, 4.69) is 57.6 Å². The first-order valence-electron chi connectivity index (χ1n) is 6.14. The van der Waals surface area contributed by atoms with Gasteiger partial charge in [-0.15, -0.1) is 0 Å². The molecule has 1 fully saturated rings. The van der Waals surface area contributed by atoms with Gasteiger partial charge in [0.15, 0.2) is 0 Å². The number of benzene rings is 1. The van der Waals surface area contributed by atoms with Crippen molar-refractivity contribution in [3.05, 3.63) is 34.3 Å². The molecular formula is C13H19BrN2O. The Morgan fingerprint density at radius 2 is 2.18 bits per heavy atom. The molecule has 1 atom stereocenters. The summed E-state index contributed by atoms with van der Waals surface area (Å²) in [6.45, 7) is 5.78. The van der Waals surface area contributed by atoms with Gasteiger partial charge in [0.05, 0.1) is 13.2 Å². The topological polar surface area (TPSA) is 24.5 Å². The molecule has 1 aliphatic heterocycles. The summed E-state index contributed by atoms with van der Waals surface area (Å²) in [5.74, 6) is 0. The zero-order valence-electron chi connectivity index (χ0n) is 10.2. The second-order valence-corrected chi connectivity index (χ2v) is 5.16. The number of ether oxygens (including phenoxy) is 1. The predicted molar refractivity (Wildman–Crippen MR) is 72.7 cm³/mol. The van der Waals surface area contributed by atoms with Crippen molar-refractivity contribution in [2.24, 2.45) is 0 Å². The van der Waals surface area contributed by atoms with Crippen molar-refractivity contribution in [2.75, 3.05) is 26.3 Å². The van der Waals surface area contributed by atoms with Gasteiger partial charge in [-0.1, -0.05) is 35.0 Å². The van der Waals surface area contributed by atoms with E-state index in [9.17, 15) is 0 Å². The molecule has 94 valence electrons. The summed E-state index contributed by atoms with van der Waals surface area (Å²) in [5, 5.41) is 2.26. The van der Waals surface area contributed by atoms with Crippen LogP contribution in [0.4, 0.5) is 0 Å². The monoisotopic (exact) mass is 298 g/mol. The van der Waals surface area contributed by atoms with Gasteiger partial charge in [-0.3, -0.25) is 0 Å². The Kier molecular flexibility index (Phi) is 4.98. The number of rotatable bonds is 4. The molecule has 4 heteroatoms. The van der Waals surface area contributed by atoms with Crippen LogP contribution in [0.5, 0.6) is 0 Å². The van der Waals surface area contributed by atoms with Gasteiger partial charge in [0.25, 0.3) is 0 Å². The molecule has 3 nitrogen and oxygen atoms in total. The Morgan fingerprint density at radius 3 is 2.82 bits per heavy atom. The molecular weight excluding hydrogens is 280 g/mol. The van der Waals surface area contributed by atoms with Crippen molar-refractivity contribution in [3.63, 3.8) is 0 Å². The molecule has 0 spiro atoms. The lowest BCUT2D eigenvalue weighted by molar-refractivity contribution is 0.00298. The fourth-order valence-electron chi connectivity index (χ4n) is 2.04. The molecule has 1 heterocycles. The highest BCUT2D eigenvalue weighted by atomic mass is 79.9. The molecule has 0 amide bonds. The van der Waals surface area contributed by atoms with Gasteiger partial charge in [-0.25, -0.2) is 10.4 Å². The summed E-state index contributed by atoms with van der Waals surface area (Å²) in [5.41, 5.74) is 4.91. The van der Waals surface area contributed by atoms with E-state index in [1.807, 2.05) is 0 Å². The molecule has 0 aliphatic carbocycles. The van der Waals surface area contributed by atoms with Gasteiger partial charge in [0.1, 0.15) is 0 Å². The maximum Gasteiger partial charge on any atom is 0.0608 e. The van der Waals surface area contributed by atoms with Crippen molar-refractivity contribution >= 4 is 15.9 Å². The number of hydrazine groups is 1. The van der Waals surface area contributed by atoms with E-state index in [1.165, 1.54) is 5.56 Å². The van der Waals surface area contributed by atoms with Crippen LogP contribution in [0.25, 0.3) is 0 Å². The average Bonchev–Trinajstić information content (AvgIpc) is 2.37. The minimum absolute atomic E-state index is 0.380. The molecule has 0 saturated carbocycles. The number of hydrogen-bond acceptors (Lipinski definition) is 3. The fourth-order valence-corrected chi connectivity index (χ4v) is 2.45. The van der Waals surface area contributed by atoms with Gasteiger partial charge >= 0.3 is 0 Å². The van der Waals surface area contributed by atoms with E-state index in [1.54, 1.807) is 0 Å². The Balaban J connectivity index is 2.00. The van der Waals surface area contributed by atoms with Crippen LogP contribution in [0.2, 0.25) is 0 Å². The smallest absolute Gasteiger partial charge is 0.0608 e. The molecule has 1 aromatic rings. The first kappa shape index (κ1) is 13.0. The van der Waals surface area contributed by atoms with E-state index in [-0.39, 0.29) is 0 Å². The van der Waals surface area contributed by atoms with Gasteiger partial charge < -0.3 is 4.74 Å². The summed E-state index contributed by atoms with van der Waals surface area (Å²) >= 11 is 3.52. The Hall–Kier alpha value is -0.420. The van der Waals surface area contributed by atoms with Gasteiger partial charge in [0, 0.05) is 23.6 Å². The number of hydrogen-bond donors (Lipinski definition) is 1. The normalized spacial score (nSPS) is 19.2. The summed E-state index contributed by atoms with van der Waals surface area (Å²) in [6.07, 6.45) is 1.08. The average molecular weight is 299 g/mol. The Morgan fingerprint density at radius 1 is 1.41 bits per heavy atom. The molecule has 17 heavy (non-hydrogen) atoms. The van der Waals surface area contributed by atoms with E-state index >= 15 is 0 Å². The van der Waals surface area contributed by atoms with Crippen LogP contribution in [0, 0.1) is 0 Å². The fraction of sp³-hybridized carbons (Fsp3) is 0.538. The summed E-state index contributed by atoms with van der Waals surface area (Å²) < 4.78 is 6.49. The van der Waals surface area contributed by atoms with E-state index in [0.29, 0.717) is 6.04 Å². The van der Waals surface area contributed by atoms with E-state index in [4.69, 9.17) is 4.74 Å². The molecule has 1 aliphatic rings. The Bertz CT molecular complexity index is 353. The first-order valence-corrected chi connectivity index (χ1v) is 6.93.